The van der Waals surface area contributed by atoms with Crippen LogP contribution < -0.4 is 5.32 Å². The number of ether oxygens (including phenoxy) is 2. The lowest BCUT2D eigenvalue weighted by atomic mass is 9.98. The molecule has 5 nitrogen and oxygen atoms in total. The van der Waals surface area contributed by atoms with E-state index in [1.165, 1.54) is 0 Å². The summed E-state index contributed by atoms with van der Waals surface area (Å²) in [5.41, 5.74) is 0.614. The molecule has 1 rings (SSSR count). The smallest absolute Gasteiger partial charge is 0.410 e. The van der Waals surface area contributed by atoms with Crippen LogP contribution >= 0.6 is 0 Å². The molecule has 1 fully saturated rings. The van der Waals surface area contributed by atoms with E-state index in [0.717, 1.165) is 44.6 Å². The van der Waals surface area contributed by atoms with Crippen LogP contribution in [0.15, 0.2) is 12.2 Å². The van der Waals surface area contributed by atoms with Crippen LogP contribution in [-0.2, 0) is 9.47 Å². The van der Waals surface area contributed by atoms with Gasteiger partial charge in [-0.1, -0.05) is 12.2 Å². The van der Waals surface area contributed by atoms with E-state index in [2.05, 4.69) is 11.9 Å². The Labute approximate surface area is 135 Å². The van der Waals surface area contributed by atoms with Gasteiger partial charge in [0.1, 0.15) is 5.60 Å². The summed E-state index contributed by atoms with van der Waals surface area (Å²) in [5.74, 6) is 0.488. The minimum atomic E-state index is -0.428. The lowest BCUT2D eigenvalue weighted by molar-refractivity contribution is 0.0165. The summed E-state index contributed by atoms with van der Waals surface area (Å²) in [6, 6.07) is 0. The summed E-state index contributed by atoms with van der Waals surface area (Å²) in [7, 11) is 0. The summed E-state index contributed by atoms with van der Waals surface area (Å²) in [6.45, 7) is 16.1. The Morgan fingerprint density at radius 2 is 2.14 bits per heavy atom. The van der Waals surface area contributed by atoms with Crippen molar-refractivity contribution in [2.75, 3.05) is 39.4 Å². The van der Waals surface area contributed by atoms with Crippen molar-refractivity contribution >= 4 is 6.09 Å². The molecule has 0 aromatic carbocycles. The number of nitrogens with zero attached hydrogens (tertiary/aromatic N) is 1. The van der Waals surface area contributed by atoms with Gasteiger partial charge >= 0.3 is 6.09 Å². The number of likely N-dealkylation sites (tertiary alicyclic amines) is 1. The van der Waals surface area contributed by atoms with Crippen molar-refractivity contribution in [3.05, 3.63) is 12.2 Å². The number of amides is 1. The second-order valence-electron chi connectivity index (χ2n) is 7.15. The van der Waals surface area contributed by atoms with E-state index in [4.69, 9.17) is 9.47 Å². The first kappa shape index (κ1) is 19.0. The van der Waals surface area contributed by atoms with Gasteiger partial charge in [0, 0.05) is 19.6 Å². The molecular formula is C17H32N2O3. The van der Waals surface area contributed by atoms with E-state index in [1.54, 1.807) is 0 Å². The van der Waals surface area contributed by atoms with Gasteiger partial charge in [-0.25, -0.2) is 4.79 Å². The molecule has 1 aliphatic heterocycles. The van der Waals surface area contributed by atoms with Gasteiger partial charge in [0.15, 0.2) is 0 Å². The minimum Gasteiger partial charge on any atom is -0.444 e. The lowest BCUT2D eigenvalue weighted by Gasteiger charge is -2.34. The van der Waals surface area contributed by atoms with Crippen LogP contribution in [0.5, 0.6) is 0 Å². The summed E-state index contributed by atoms with van der Waals surface area (Å²) >= 11 is 0. The first-order valence-corrected chi connectivity index (χ1v) is 8.18. The van der Waals surface area contributed by atoms with Gasteiger partial charge in [-0.3, -0.25) is 0 Å². The molecule has 1 saturated heterocycles. The van der Waals surface area contributed by atoms with Gasteiger partial charge in [0.05, 0.1) is 13.2 Å². The average Bonchev–Trinajstić information content (AvgIpc) is 2.41. The second kappa shape index (κ2) is 9.16. The highest BCUT2D eigenvalue weighted by atomic mass is 16.6. The quantitative estimate of drug-likeness (QED) is 0.580. The van der Waals surface area contributed by atoms with Crippen molar-refractivity contribution < 1.29 is 14.3 Å². The summed E-state index contributed by atoms with van der Waals surface area (Å²) in [5, 5.41) is 3.40. The predicted octanol–water partition coefficient (Wildman–Crippen LogP) is 2.82. The van der Waals surface area contributed by atoms with E-state index >= 15 is 0 Å². The first-order chi connectivity index (χ1) is 10.3. The molecule has 0 aliphatic carbocycles. The lowest BCUT2D eigenvalue weighted by Crippen LogP contribution is -2.45. The Morgan fingerprint density at radius 3 is 2.77 bits per heavy atom. The van der Waals surface area contributed by atoms with Gasteiger partial charge in [0.2, 0.25) is 0 Å². The molecule has 1 aliphatic rings. The van der Waals surface area contributed by atoms with Crippen LogP contribution in [0.2, 0.25) is 0 Å². The zero-order valence-corrected chi connectivity index (χ0v) is 14.6. The largest absolute Gasteiger partial charge is 0.444 e. The highest BCUT2D eigenvalue weighted by Crippen LogP contribution is 2.18. The number of carbonyl (C=O) groups excluding carboxylic acids is 1. The Kier molecular flexibility index (Phi) is 7.90. The van der Waals surface area contributed by atoms with E-state index in [0.29, 0.717) is 19.1 Å². The Balaban J connectivity index is 2.20. The second-order valence-corrected chi connectivity index (χ2v) is 7.15. The summed E-state index contributed by atoms with van der Waals surface area (Å²) < 4.78 is 10.9. The van der Waals surface area contributed by atoms with E-state index in [9.17, 15) is 4.79 Å². The fourth-order valence-corrected chi connectivity index (χ4v) is 2.42. The van der Waals surface area contributed by atoms with E-state index < -0.39 is 5.60 Å². The van der Waals surface area contributed by atoms with Crippen molar-refractivity contribution in [1.29, 1.82) is 0 Å². The average molecular weight is 312 g/mol. The number of nitrogens with one attached hydrogen (secondary N) is 1. The molecule has 1 heterocycles. The van der Waals surface area contributed by atoms with Crippen molar-refractivity contribution in [3.63, 3.8) is 0 Å². The van der Waals surface area contributed by atoms with Crippen LogP contribution in [0.1, 0.15) is 40.5 Å². The number of hydrogen-bond donors (Lipinski definition) is 1. The van der Waals surface area contributed by atoms with Crippen LogP contribution in [0.4, 0.5) is 4.79 Å². The summed E-state index contributed by atoms with van der Waals surface area (Å²) in [4.78, 5) is 13.9. The monoisotopic (exact) mass is 312 g/mol. The zero-order valence-electron chi connectivity index (χ0n) is 14.6. The molecule has 128 valence electrons. The first-order valence-electron chi connectivity index (χ1n) is 8.18. The third-order valence-corrected chi connectivity index (χ3v) is 3.38. The van der Waals surface area contributed by atoms with Crippen LogP contribution in [0.25, 0.3) is 0 Å². The number of piperidine rings is 1. The Hall–Kier alpha value is -1.07. The van der Waals surface area contributed by atoms with Gasteiger partial charge in [-0.05, 0) is 53.0 Å². The topological polar surface area (TPSA) is 50.8 Å². The van der Waals surface area contributed by atoms with Gasteiger partial charge < -0.3 is 19.7 Å². The molecule has 1 amide bonds. The molecular weight excluding hydrogens is 280 g/mol. The third-order valence-electron chi connectivity index (χ3n) is 3.38. The SMILES string of the molecule is C=C(C)COCCNCC1CCCN(C(=O)OC(C)(C)C)C1. The molecule has 0 spiro atoms. The number of carbonyl (C=O) groups is 1. The Morgan fingerprint density at radius 1 is 1.41 bits per heavy atom. The van der Waals surface area contributed by atoms with E-state index in [1.807, 2.05) is 32.6 Å². The van der Waals surface area contributed by atoms with Gasteiger partial charge in [-0.15, -0.1) is 0 Å². The zero-order chi connectivity index (χ0) is 16.6. The minimum absolute atomic E-state index is 0.193. The molecule has 1 atom stereocenters. The highest BCUT2D eigenvalue weighted by Gasteiger charge is 2.27. The molecule has 1 unspecified atom stereocenters. The van der Waals surface area contributed by atoms with Gasteiger partial charge in [0.25, 0.3) is 0 Å². The molecule has 0 bridgehead atoms. The molecule has 5 heteroatoms. The third kappa shape index (κ3) is 8.39. The molecule has 22 heavy (non-hydrogen) atoms. The standard InChI is InChI=1S/C17H32N2O3/c1-14(2)13-21-10-8-18-11-15-7-6-9-19(12-15)16(20)22-17(3,4)5/h15,18H,1,6-13H2,2-5H3. The van der Waals surface area contributed by atoms with E-state index in [-0.39, 0.29) is 6.09 Å². The van der Waals surface area contributed by atoms with Crippen molar-refractivity contribution in [1.82, 2.24) is 10.2 Å². The fourth-order valence-electron chi connectivity index (χ4n) is 2.42. The number of rotatable bonds is 7. The molecule has 0 aromatic rings. The maximum absolute atomic E-state index is 12.1. The maximum Gasteiger partial charge on any atom is 0.410 e. The van der Waals surface area contributed by atoms with Crippen LogP contribution in [0.3, 0.4) is 0 Å². The van der Waals surface area contributed by atoms with Crippen LogP contribution in [-0.4, -0.2) is 56.0 Å². The molecule has 0 aromatic heterocycles. The molecule has 0 radical (unpaired) electrons. The maximum atomic E-state index is 12.1. The highest BCUT2D eigenvalue weighted by molar-refractivity contribution is 5.68. The van der Waals surface area contributed by atoms with Crippen molar-refractivity contribution in [2.24, 2.45) is 5.92 Å². The Bertz CT molecular complexity index is 363. The van der Waals surface area contributed by atoms with Gasteiger partial charge in [-0.2, -0.15) is 0 Å². The summed E-state index contributed by atoms with van der Waals surface area (Å²) in [6.07, 6.45) is 2.00. The van der Waals surface area contributed by atoms with Crippen molar-refractivity contribution in [2.45, 2.75) is 46.1 Å². The molecule has 0 saturated carbocycles. The predicted molar refractivity (Wildman–Crippen MR) is 89.0 cm³/mol. The molecule has 1 N–H and O–H groups in total. The number of hydrogen-bond acceptors (Lipinski definition) is 4. The van der Waals surface area contributed by atoms with Crippen LogP contribution in [0, 0.1) is 5.92 Å². The fraction of sp³-hybridized carbons (Fsp3) is 0.824. The van der Waals surface area contributed by atoms with Crippen molar-refractivity contribution in [3.8, 4) is 0 Å². The normalized spacial score (nSPS) is 19.1.